The number of aromatic nitrogens is 2. The van der Waals surface area contributed by atoms with Gasteiger partial charge in [-0.1, -0.05) is 30.3 Å². The lowest BCUT2D eigenvalue weighted by atomic mass is 10.2. The maximum atomic E-state index is 12.2. The number of rotatable bonds is 5. The molecule has 6 heteroatoms. The number of carbonyl (C=O) groups is 1. The highest BCUT2D eigenvalue weighted by Crippen LogP contribution is 2.24. The summed E-state index contributed by atoms with van der Waals surface area (Å²) in [5, 5.41) is 5.37. The summed E-state index contributed by atoms with van der Waals surface area (Å²) in [6.07, 6.45) is 1.68. The fourth-order valence-electron chi connectivity index (χ4n) is 2.01. The zero-order chi connectivity index (χ0) is 16.1. The Kier molecular flexibility index (Phi) is 4.63. The van der Waals surface area contributed by atoms with Crippen LogP contribution in [0.5, 0.6) is 5.88 Å². The van der Waals surface area contributed by atoms with Crippen LogP contribution in [0.1, 0.15) is 16.1 Å². The van der Waals surface area contributed by atoms with Gasteiger partial charge in [0.1, 0.15) is 10.7 Å². The van der Waals surface area contributed by atoms with Gasteiger partial charge in [-0.25, -0.2) is 9.97 Å². The molecule has 3 rings (SSSR count). The molecule has 0 fully saturated rings. The molecule has 2 aromatic heterocycles. The number of methoxy groups -OCH3 is 1. The van der Waals surface area contributed by atoms with Crippen LogP contribution in [0.3, 0.4) is 0 Å². The standard InChI is InChI=1S/C17H15N3O2S/c1-22-15-8-7-13(10-18-15)17-20-14(11-23-17)16(21)19-9-12-5-3-2-4-6-12/h2-8,10-11H,9H2,1H3,(H,19,21). The summed E-state index contributed by atoms with van der Waals surface area (Å²) in [5.74, 6) is 0.365. The summed E-state index contributed by atoms with van der Waals surface area (Å²) in [7, 11) is 1.57. The van der Waals surface area contributed by atoms with Crippen molar-refractivity contribution in [3.63, 3.8) is 0 Å². The molecule has 3 aromatic rings. The van der Waals surface area contributed by atoms with Crippen molar-refractivity contribution in [1.29, 1.82) is 0 Å². The maximum absolute atomic E-state index is 12.2. The summed E-state index contributed by atoms with van der Waals surface area (Å²) in [5.41, 5.74) is 2.32. The Morgan fingerprint density at radius 2 is 2.04 bits per heavy atom. The molecular formula is C17H15N3O2S. The van der Waals surface area contributed by atoms with Gasteiger partial charge in [0.15, 0.2) is 0 Å². The predicted octanol–water partition coefficient (Wildman–Crippen LogP) is 3.14. The van der Waals surface area contributed by atoms with Crippen LogP contribution in [0.25, 0.3) is 10.6 Å². The number of pyridine rings is 1. The molecule has 0 radical (unpaired) electrons. The van der Waals surface area contributed by atoms with Gasteiger partial charge in [0, 0.05) is 29.8 Å². The average molecular weight is 325 g/mol. The van der Waals surface area contributed by atoms with Gasteiger partial charge < -0.3 is 10.1 Å². The molecule has 1 N–H and O–H groups in total. The molecule has 5 nitrogen and oxygen atoms in total. The van der Waals surface area contributed by atoms with E-state index in [2.05, 4.69) is 15.3 Å². The molecule has 116 valence electrons. The van der Waals surface area contributed by atoms with Crippen molar-refractivity contribution >= 4 is 17.2 Å². The number of hydrogen-bond acceptors (Lipinski definition) is 5. The van der Waals surface area contributed by atoms with Crippen molar-refractivity contribution < 1.29 is 9.53 Å². The first-order chi connectivity index (χ1) is 11.3. The molecule has 0 atom stereocenters. The van der Waals surface area contributed by atoms with Gasteiger partial charge in [-0.05, 0) is 11.6 Å². The third-order valence-corrected chi connectivity index (χ3v) is 4.12. The van der Waals surface area contributed by atoms with Crippen molar-refractivity contribution in [1.82, 2.24) is 15.3 Å². The normalized spacial score (nSPS) is 10.3. The van der Waals surface area contributed by atoms with Crippen LogP contribution in [0.2, 0.25) is 0 Å². The van der Waals surface area contributed by atoms with Crippen molar-refractivity contribution in [3.05, 3.63) is 65.3 Å². The third-order valence-electron chi connectivity index (χ3n) is 3.23. The first kappa shape index (κ1) is 15.2. The monoisotopic (exact) mass is 325 g/mol. The van der Waals surface area contributed by atoms with Gasteiger partial charge >= 0.3 is 0 Å². The molecule has 23 heavy (non-hydrogen) atoms. The van der Waals surface area contributed by atoms with E-state index in [4.69, 9.17) is 4.74 Å². The number of hydrogen-bond donors (Lipinski definition) is 1. The molecule has 0 saturated carbocycles. The molecule has 0 unspecified atom stereocenters. The average Bonchev–Trinajstić information content (AvgIpc) is 3.11. The SMILES string of the molecule is COc1ccc(-c2nc(C(=O)NCc3ccccc3)cs2)cn1. The first-order valence-corrected chi connectivity index (χ1v) is 7.92. The van der Waals surface area contributed by atoms with Crippen LogP contribution in [0.15, 0.2) is 54.0 Å². The van der Waals surface area contributed by atoms with Crippen LogP contribution >= 0.6 is 11.3 Å². The van der Waals surface area contributed by atoms with E-state index in [9.17, 15) is 4.79 Å². The highest BCUT2D eigenvalue weighted by Gasteiger charge is 2.12. The summed E-state index contributed by atoms with van der Waals surface area (Å²) in [6.45, 7) is 0.483. The number of carbonyl (C=O) groups excluding carboxylic acids is 1. The van der Waals surface area contributed by atoms with Crippen LogP contribution in [-0.2, 0) is 6.54 Å². The second kappa shape index (κ2) is 7.02. The number of nitrogens with one attached hydrogen (secondary N) is 1. The summed E-state index contributed by atoms with van der Waals surface area (Å²) >= 11 is 1.41. The Hall–Kier alpha value is -2.73. The van der Waals surface area contributed by atoms with E-state index in [1.807, 2.05) is 36.4 Å². The van der Waals surface area contributed by atoms with Crippen LogP contribution < -0.4 is 10.1 Å². The van der Waals surface area contributed by atoms with E-state index >= 15 is 0 Å². The lowest BCUT2D eigenvalue weighted by Crippen LogP contribution is -2.23. The molecule has 1 aromatic carbocycles. The minimum Gasteiger partial charge on any atom is -0.481 e. The Morgan fingerprint density at radius 3 is 2.74 bits per heavy atom. The molecule has 2 heterocycles. The van der Waals surface area contributed by atoms with Crippen LogP contribution in [-0.4, -0.2) is 23.0 Å². The van der Waals surface area contributed by atoms with Crippen molar-refractivity contribution in [2.45, 2.75) is 6.54 Å². The smallest absolute Gasteiger partial charge is 0.271 e. The largest absolute Gasteiger partial charge is 0.481 e. The zero-order valence-electron chi connectivity index (χ0n) is 12.5. The van der Waals surface area contributed by atoms with E-state index in [0.717, 1.165) is 16.1 Å². The van der Waals surface area contributed by atoms with Gasteiger partial charge in [0.05, 0.1) is 7.11 Å². The number of amides is 1. The highest BCUT2D eigenvalue weighted by molar-refractivity contribution is 7.13. The third kappa shape index (κ3) is 3.73. The van der Waals surface area contributed by atoms with Gasteiger partial charge in [-0.3, -0.25) is 4.79 Å². The maximum Gasteiger partial charge on any atom is 0.271 e. The van der Waals surface area contributed by atoms with Gasteiger partial charge in [-0.15, -0.1) is 11.3 Å². The minimum absolute atomic E-state index is 0.183. The van der Waals surface area contributed by atoms with Gasteiger partial charge in [0.25, 0.3) is 5.91 Å². The molecule has 0 saturated heterocycles. The summed E-state index contributed by atoms with van der Waals surface area (Å²) in [6, 6.07) is 13.4. The van der Waals surface area contributed by atoms with Crippen LogP contribution in [0.4, 0.5) is 0 Å². The Labute approximate surface area is 138 Å². The minimum atomic E-state index is -0.183. The molecule has 1 amide bonds. The number of benzene rings is 1. The fraction of sp³-hybridized carbons (Fsp3) is 0.118. The number of ether oxygens (including phenoxy) is 1. The van der Waals surface area contributed by atoms with Gasteiger partial charge in [0.2, 0.25) is 5.88 Å². The van der Waals surface area contributed by atoms with E-state index in [-0.39, 0.29) is 5.91 Å². The predicted molar refractivity (Wildman–Crippen MR) is 89.5 cm³/mol. The van der Waals surface area contributed by atoms with Crippen molar-refractivity contribution in [2.75, 3.05) is 7.11 Å². The lowest BCUT2D eigenvalue weighted by molar-refractivity contribution is 0.0946. The molecular weight excluding hydrogens is 310 g/mol. The van der Waals surface area contributed by atoms with E-state index in [0.29, 0.717) is 18.1 Å². The zero-order valence-corrected chi connectivity index (χ0v) is 13.3. The first-order valence-electron chi connectivity index (χ1n) is 7.04. The van der Waals surface area contributed by atoms with Crippen LogP contribution in [0, 0.1) is 0 Å². The highest BCUT2D eigenvalue weighted by atomic mass is 32.1. The van der Waals surface area contributed by atoms with Crippen molar-refractivity contribution in [3.8, 4) is 16.5 Å². The molecule has 0 spiro atoms. The Balaban J connectivity index is 1.67. The number of nitrogens with zero attached hydrogens (tertiary/aromatic N) is 2. The second-order valence-electron chi connectivity index (χ2n) is 4.80. The second-order valence-corrected chi connectivity index (χ2v) is 5.65. The van der Waals surface area contributed by atoms with Crippen molar-refractivity contribution in [2.24, 2.45) is 0 Å². The van der Waals surface area contributed by atoms with E-state index < -0.39 is 0 Å². The molecule has 0 aliphatic rings. The topological polar surface area (TPSA) is 64.1 Å². The Morgan fingerprint density at radius 1 is 1.22 bits per heavy atom. The van der Waals surface area contributed by atoms with E-state index in [1.165, 1.54) is 11.3 Å². The summed E-state index contributed by atoms with van der Waals surface area (Å²) < 4.78 is 5.03. The lowest BCUT2D eigenvalue weighted by Gasteiger charge is -2.03. The molecule has 0 aliphatic heterocycles. The van der Waals surface area contributed by atoms with E-state index in [1.54, 1.807) is 24.8 Å². The van der Waals surface area contributed by atoms with Gasteiger partial charge in [-0.2, -0.15) is 0 Å². The molecule has 0 bridgehead atoms. The number of thiazole rings is 1. The summed E-state index contributed by atoms with van der Waals surface area (Å²) in [4.78, 5) is 20.7. The quantitative estimate of drug-likeness (QED) is 0.783. The Bertz CT molecular complexity index is 785. The fourth-order valence-corrected chi connectivity index (χ4v) is 2.80. The molecule has 0 aliphatic carbocycles.